The molecule has 1 aromatic rings. The Morgan fingerprint density at radius 3 is 2.71 bits per heavy atom. The summed E-state index contributed by atoms with van der Waals surface area (Å²) in [5, 5.41) is 3.38. The van der Waals surface area contributed by atoms with Crippen LogP contribution in [-0.4, -0.2) is 13.1 Å². The number of rotatable bonds is 6. The van der Waals surface area contributed by atoms with Crippen molar-refractivity contribution >= 4 is 0 Å². The van der Waals surface area contributed by atoms with Gasteiger partial charge < -0.3 is 5.32 Å². The van der Waals surface area contributed by atoms with Gasteiger partial charge in [-0.2, -0.15) is 0 Å². The standard InChI is InChI=1S/C16H25N/c1-2-17-12-6-5-7-14-10-11-15-8-3-4-9-16(15)13-14/h10-11,13,17H,2-9,12H2,1H3. The van der Waals surface area contributed by atoms with E-state index in [2.05, 4.69) is 30.4 Å². The summed E-state index contributed by atoms with van der Waals surface area (Å²) in [6.07, 6.45) is 9.23. The molecule has 0 saturated heterocycles. The molecule has 1 heteroatoms. The van der Waals surface area contributed by atoms with Crippen molar-refractivity contribution in [2.45, 2.75) is 51.9 Å². The van der Waals surface area contributed by atoms with Crippen LogP contribution in [0.25, 0.3) is 0 Å². The fourth-order valence-corrected chi connectivity index (χ4v) is 2.70. The Morgan fingerprint density at radius 1 is 1.06 bits per heavy atom. The summed E-state index contributed by atoms with van der Waals surface area (Å²) in [7, 11) is 0. The SMILES string of the molecule is CCNCCCCc1ccc2c(c1)CCCC2. The molecule has 0 radical (unpaired) electrons. The molecule has 0 atom stereocenters. The predicted octanol–water partition coefficient (Wildman–Crippen LogP) is 3.50. The smallest absolute Gasteiger partial charge is 0.00489 e. The largest absolute Gasteiger partial charge is 0.317 e. The molecular formula is C16H25N. The zero-order chi connectivity index (χ0) is 11.9. The molecule has 1 nitrogen and oxygen atoms in total. The number of aryl methyl sites for hydroxylation is 3. The van der Waals surface area contributed by atoms with E-state index in [-0.39, 0.29) is 0 Å². The van der Waals surface area contributed by atoms with E-state index in [0.29, 0.717) is 0 Å². The third kappa shape index (κ3) is 3.85. The van der Waals surface area contributed by atoms with E-state index in [1.54, 1.807) is 16.7 Å². The van der Waals surface area contributed by atoms with Crippen molar-refractivity contribution in [1.29, 1.82) is 0 Å². The van der Waals surface area contributed by atoms with Crippen LogP contribution in [0.3, 0.4) is 0 Å². The van der Waals surface area contributed by atoms with Gasteiger partial charge in [0.15, 0.2) is 0 Å². The molecule has 1 aliphatic carbocycles. The minimum Gasteiger partial charge on any atom is -0.317 e. The molecule has 0 saturated carbocycles. The van der Waals surface area contributed by atoms with Crippen LogP contribution in [0.2, 0.25) is 0 Å². The lowest BCUT2D eigenvalue weighted by Gasteiger charge is -2.16. The first kappa shape index (κ1) is 12.6. The zero-order valence-corrected chi connectivity index (χ0v) is 11.1. The second-order valence-corrected chi connectivity index (χ2v) is 5.12. The van der Waals surface area contributed by atoms with Gasteiger partial charge in [0.2, 0.25) is 0 Å². The van der Waals surface area contributed by atoms with Crippen LogP contribution in [-0.2, 0) is 19.3 Å². The summed E-state index contributed by atoms with van der Waals surface area (Å²) < 4.78 is 0. The summed E-state index contributed by atoms with van der Waals surface area (Å²) in [5.41, 5.74) is 4.77. The number of hydrogen-bond donors (Lipinski definition) is 1. The molecular weight excluding hydrogens is 206 g/mol. The first-order valence-electron chi connectivity index (χ1n) is 7.21. The van der Waals surface area contributed by atoms with Gasteiger partial charge in [0.25, 0.3) is 0 Å². The normalized spacial score (nSPS) is 14.6. The Labute approximate surface area is 106 Å². The first-order valence-corrected chi connectivity index (χ1v) is 7.21. The van der Waals surface area contributed by atoms with Crippen molar-refractivity contribution in [3.63, 3.8) is 0 Å². The topological polar surface area (TPSA) is 12.0 Å². The molecule has 0 aromatic heterocycles. The van der Waals surface area contributed by atoms with Crippen molar-refractivity contribution in [1.82, 2.24) is 5.32 Å². The van der Waals surface area contributed by atoms with E-state index in [4.69, 9.17) is 0 Å². The van der Waals surface area contributed by atoms with Gasteiger partial charge in [0.05, 0.1) is 0 Å². The molecule has 1 aromatic carbocycles. The van der Waals surface area contributed by atoms with Gasteiger partial charge in [0, 0.05) is 0 Å². The van der Waals surface area contributed by atoms with E-state index in [9.17, 15) is 0 Å². The van der Waals surface area contributed by atoms with E-state index >= 15 is 0 Å². The van der Waals surface area contributed by atoms with Gasteiger partial charge in [-0.1, -0.05) is 25.1 Å². The number of unbranched alkanes of at least 4 members (excludes halogenated alkanes) is 1. The summed E-state index contributed by atoms with van der Waals surface area (Å²) in [4.78, 5) is 0. The Balaban J connectivity index is 1.81. The highest BCUT2D eigenvalue weighted by Crippen LogP contribution is 2.22. The van der Waals surface area contributed by atoms with E-state index in [0.717, 1.165) is 6.54 Å². The Hall–Kier alpha value is -0.820. The van der Waals surface area contributed by atoms with Crippen LogP contribution in [0.5, 0.6) is 0 Å². The average Bonchev–Trinajstić information content (AvgIpc) is 2.38. The highest BCUT2D eigenvalue weighted by atomic mass is 14.8. The lowest BCUT2D eigenvalue weighted by molar-refractivity contribution is 0.639. The molecule has 94 valence electrons. The Bertz CT molecular complexity index is 343. The van der Waals surface area contributed by atoms with Crippen molar-refractivity contribution in [3.05, 3.63) is 34.9 Å². The summed E-state index contributed by atoms with van der Waals surface area (Å²) in [5.74, 6) is 0. The number of nitrogens with one attached hydrogen (secondary N) is 1. The molecule has 0 unspecified atom stereocenters. The molecule has 1 N–H and O–H groups in total. The monoisotopic (exact) mass is 231 g/mol. The second kappa shape index (κ2) is 6.80. The fourth-order valence-electron chi connectivity index (χ4n) is 2.70. The third-order valence-corrected chi connectivity index (χ3v) is 3.73. The van der Waals surface area contributed by atoms with Gasteiger partial charge in [-0.05, 0) is 74.7 Å². The molecule has 17 heavy (non-hydrogen) atoms. The maximum Gasteiger partial charge on any atom is -0.00489 e. The third-order valence-electron chi connectivity index (χ3n) is 3.73. The molecule has 2 rings (SSSR count). The highest BCUT2D eigenvalue weighted by molar-refractivity contribution is 5.33. The molecule has 0 aliphatic heterocycles. The fraction of sp³-hybridized carbons (Fsp3) is 0.625. The van der Waals surface area contributed by atoms with E-state index in [1.165, 1.54) is 51.5 Å². The van der Waals surface area contributed by atoms with Crippen LogP contribution in [0, 0.1) is 0 Å². The van der Waals surface area contributed by atoms with Crippen LogP contribution in [0.4, 0.5) is 0 Å². The van der Waals surface area contributed by atoms with Gasteiger partial charge >= 0.3 is 0 Å². The Kier molecular flexibility index (Phi) is 5.06. The minimum absolute atomic E-state index is 1.10. The van der Waals surface area contributed by atoms with Crippen molar-refractivity contribution < 1.29 is 0 Å². The summed E-state index contributed by atoms with van der Waals surface area (Å²) in [6, 6.07) is 7.17. The number of hydrogen-bond acceptors (Lipinski definition) is 1. The lowest BCUT2D eigenvalue weighted by atomic mass is 9.89. The summed E-state index contributed by atoms with van der Waals surface area (Å²) in [6.45, 7) is 4.43. The molecule has 0 amide bonds. The van der Waals surface area contributed by atoms with Crippen LogP contribution in [0.1, 0.15) is 49.3 Å². The number of benzene rings is 1. The van der Waals surface area contributed by atoms with Gasteiger partial charge in [-0.15, -0.1) is 0 Å². The average molecular weight is 231 g/mol. The molecule has 0 spiro atoms. The van der Waals surface area contributed by atoms with Crippen molar-refractivity contribution in [2.24, 2.45) is 0 Å². The highest BCUT2D eigenvalue weighted by Gasteiger charge is 2.08. The maximum atomic E-state index is 3.38. The molecule has 0 fully saturated rings. The van der Waals surface area contributed by atoms with E-state index in [1.807, 2.05) is 0 Å². The summed E-state index contributed by atoms with van der Waals surface area (Å²) >= 11 is 0. The van der Waals surface area contributed by atoms with E-state index < -0.39 is 0 Å². The van der Waals surface area contributed by atoms with Gasteiger partial charge in [-0.3, -0.25) is 0 Å². The number of fused-ring (bicyclic) bond motifs is 1. The quantitative estimate of drug-likeness (QED) is 0.739. The van der Waals surface area contributed by atoms with Crippen LogP contribution < -0.4 is 5.32 Å². The molecule has 0 heterocycles. The molecule has 1 aliphatic rings. The lowest BCUT2D eigenvalue weighted by Crippen LogP contribution is -2.13. The molecule has 0 bridgehead atoms. The second-order valence-electron chi connectivity index (χ2n) is 5.12. The van der Waals surface area contributed by atoms with Crippen LogP contribution >= 0.6 is 0 Å². The minimum atomic E-state index is 1.10. The Morgan fingerprint density at radius 2 is 1.88 bits per heavy atom. The zero-order valence-electron chi connectivity index (χ0n) is 11.1. The van der Waals surface area contributed by atoms with Crippen LogP contribution in [0.15, 0.2) is 18.2 Å². The van der Waals surface area contributed by atoms with Gasteiger partial charge in [-0.25, -0.2) is 0 Å². The maximum absolute atomic E-state index is 3.38. The first-order chi connectivity index (χ1) is 8.40. The van der Waals surface area contributed by atoms with Crippen molar-refractivity contribution in [3.8, 4) is 0 Å². The predicted molar refractivity (Wildman–Crippen MR) is 74.6 cm³/mol. The van der Waals surface area contributed by atoms with Gasteiger partial charge in [0.1, 0.15) is 0 Å². The van der Waals surface area contributed by atoms with Crippen molar-refractivity contribution in [2.75, 3.05) is 13.1 Å².